The van der Waals surface area contributed by atoms with Crippen LogP contribution in [0, 0.1) is 5.92 Å². The number of allylic oxidation sites excluding steroid dienone is 1. The van der Waals surface area contributed by atoms with Crippen molar-refractivity contribution in [1.29, 1.82) is 0 Å². The van der Waals surface area contributed by atoms with Gasteiger partial charge in [0.2, 0.25) is 0 Å². The summed E-state index contributed by atoms with van der Waals surface area (Å²) in [6, 6.07) is 0. The highest BCUT2D eigenvalue weighted by Crippen LogP contribution is 2.27. The molecule has 1 saturated heterocycles. The van der Waals surface area contributed by atoms with Crippen LogP contribution in [0.15, 0.2) is 36.5 Å². The molecule has 0 spiro atoms. The van der Waals surface area contributed by atoms with E-state index in [0.717, 1.165) is 6.42 Å². The average molecular weight is 808 g/mol. The van der Waals surface area contributed by atoms with Crippen LogP contribution in [0.5, 0.6) is 0 Å². The number of rotatable bonds is 30. The number of nitrogens with two attached hydrogens (primary N) is 1. The molecule has 0 aromatic carbocycles. The van der Waals surface area contributed by atoms with Gasteiger partial charge in [0, 0.05) is 25.2 Å². The molecule has 1 aliphatic heterocycles. The third-order valence-electron chi connectivity index (χ3n) is 9.87. The van der Waals surface area contributed by atoms with Crippen LogP contribution in [-0.4, -0.2) is 165 Å². The first-order valence-electron chi connectivity index (χ1n) is 20.1. The summed E-state index contributed by atoms with van der Waals surface area (Å²) in [5.74, 6) is -1.16. The molecular weight excluding hydrogens is 734 g/mol. The molecule has 0 aliphatic carbocycles. The van der Waals surface area contributed by atoms with Crippen molar-refractivity contribution in [3.63, 3.8) is 0 Å². The normalized spacial score (nSPS) is 26.8. The van der Waals surface area contributed by atoms with Gasteiger partial charge in [-0.1, -0.05) is 50.3 Å². The smallest absolute Gasteiger partial charge is 0.186 e. The summed E-state index contributed by atoms with van der Waals surface area (Å²) in [6.45, 7) is 5.51. The van der Waals surface area contributed by atoms with Crippen molar-refractivity contribution < 1.29 is 75.5 Å². The molecule has 1 rings (SSSR count). The Labute approximate surface area is 331 Å². The van der Waals surface area contributed by atoms with Crippen LogP contribution in [0.2, 0.25) is 0 Å². The Hall–Kier alpha value is -1.71. The predicted molar refractivity (Wildman–Crippen MR) is 208 cm³/mol. The molecular formula is C40H73NO15. The highest BCUT2D eigenvalue weighted by molar-refractivity contribution is 5.81. The van der Waals surface area contributed by atoms with Crippen LogP contribution in [0.4, 0.5) is 0 Å². The molecule has 16 nitrogen and oxygen atoms in total. The fraction of sp³-hybridized carbons (Fsp3) is 0.825. The van der Waals surface area contributed by atoms with Crippen molar-refractivity contribution in [2.45, 2.75) is 196 Å². The van der Waals surface area contributed by atoms with Gasteiger partial charge in [-0.2, -0.15) is 0 Å². The molecule has 16 heteroatoms. The Morgan fingerprint density at radius 3 is 1.70 bits per heavy atom. The molecule has 15 unspecified atom stereocenters. The second-order valence-electron chi connectivity index (χ2n) is 15.3. The van der Waals surface area contributed by atoms with Gasteiger partial charge in [-0.25, -0.2) is 0 Å². The van der Waals surface area contributed by atoms with E-state index in [-0.39, 0.29) is 70.0 Å². The van der Waals surface area contributed by atoms with Crippen LogP contribution in [0.1, 0.15) is 104 Å². The number of hydrogen-bond acceptors (Lipinski definition) is 16. The van der Waals surface area contributed by atoms with Gasteiger partial charge in [-0.05, 0) is 77.7 Å². The van der Waals surface area contributed by atoms with Crippen molar-refractivity contribution in [3.8, 4) is 0 Å². The summed E-state index contributed by atoms with van der Waals surface area (Å²) in [5.41, 5.74) is 5.41. The molecule has 16 atom stereocenters. The van der Waals surface area contributed by atoms with Crippen molar-refractivity contribution in [2.24, 2.45) is 11.7 Å². The minimum atomic E-state index is -1.55. The van der Waals surface area contributed by atoms with Gasteiger partial charge in [0.1, 0.15) is 24.1 Å². The van der Waals surface area contributed by atoms with Gasteiger partial charge >= 0.3 is 0 Å². The summed E-state index contributed by atoms with van der Waals surface area (Å²) >= 11 is 0. The van der Waals surface area contributed by atoms with Crippen LogP contribution >= 0.6 is 0 Å². The minimum absolute atomic E-state index is 0.0575. The first-order valence-corrected chi connectivity index (χ1v) is 20.1. The van der Waals surface area contributed by atoms with Crippen LogP contribution in [0.3, 0.4) is 0 Å². The first kappa shape index (κ1) is 52.3. The minimum Gasteiger partial charge on any atom is -0.393 e. The molecule has 1 heterocycles. The molecule has 328 valence electrons. The molecule has 0 amide bonds. The molecule has 0 radical (unpaired) electrons. The number of Topliss-reactive ketones (excluding diaryl/α,β-unsaturated/α-hetero) is 1. The summed E-state index contributed by atoms with van der Waals surface area (Å²) in [6.07, 6.45) is -5.28. The third kappa shape index (κ3) is 21.9. The summed E-state index contributed by atoms with van der Waals surface area (Å²) in [4.78, 5) is 13.1. The maximum absolute atomic E-state index is 13.1. The molecule has 1 aliphatic rings. The Morgan fingerprint density at radius 2 is 1.16 bits per heavy atom. The lowest BCUT2D eigenvalue weighted by Crippen LogP contribution is -2.58. The quantitative estimate of drug-likeness (QED) is 0.0402. The monoisotopic (exact) mass is 807 g/mol. The standard InChI is InChI=1S/C40H73NO15/c1-4-5-6-15-36(56-40-39(54)38(53)37(52)25(3)55-40)24(2)35(51)23-34(50)22-33(49)20-29(45)13-8-12-28(44)19-32(48)21-31(47)18-27(43)11-7-10-26(42)17-30(46)14-9-16-41/h5-8,11,13,24-34,36-40,42-50,52-54H,4,9-10,12,14-23,41H2,1-3H3/t24?,25?,26?,27?,28?,29?,30?,31?,32?,33?,34-,36?,37?,38?,39?,40?/m0/s1. The second kappa shape index (κ2) is 28.7. The molecule has 1 fully saturated rings. The molecule has 14 N–H and O–H groups in total. The van der Waals surface area contributed by atoms with Crippen molar-refractivity contribution in [2.75, 3.05) is 6.54 Å². The maximum atomic E-state index is 13.1. The zero-order chi connectivity index (χ0) is 42.4. The van der Waals surface area contributed by atoms with E-state index < -0.39 is 97.7 Å². The van der Waals surface area contributed by atoms with Crippen LogP contribution < -0.4 is 5.73 Å². The van der Waals surface area contributed by atoms with E-state index in [1.54, 1.807) is 13.0 Å². The Morgan fingerprint density at radius 1 is 0.661 bits per heavy atom. The lowest BCUT2D eigenvalue weighted by atomic mass is 9.91. The van der Waals surface area contributed by atoms with E-state index in [1.165, 1.54) is 25.2 Å². The number of carbonyl (C=O) groups excluding carboxylic acids is 1. The van der Waals surface area contributed by atoms with E-state index in [9.17, 15) is 66.1 Å². The zero-order valence-corrected chi connectivity index (χ0v) is 33.3. The Bertz CT molecular complexity index is 1130. The summed E-state index contributed by atoms with van der Waals surface area (Å²) < 4.78 is 11.5. The maximum Gasteiger partial charge on any atom is 0.186 e. The van der Waals surface area contributed by atoms with Crippen molar-refractivity contribution in [3.05, 3.63) is 36.5 Å². The Kier molecular flexibility index (Phi) is 26.8. The number of carbonyl (C=O) groups is 1. The van der Waals surface area contributed by atoms with Gasteiger partial charge in [0.25, 0.3) is 0 Å². The first-order chi connectivity index (χ1) is 26.4. The SMILES string of the molecule is CCC=CCC(OC1OC(C)C(O)C(O)C1O)C(C)C(=O)C[C@@H](O)CC(O)CC(O)C=CCC(O)CC(O)CC(O)CC(O)C=CCC(O)CC(O)CCCN. The van der Waals surface area contributed by atoms with E-state index in [1.807, 2.05) is 19.1 Å². The predicted octanol–water partition coefficient (Wildman–Crippen LogP) is -0.629. The summed E-state index contributed by atoms with van der Waals surface area (Å²) in [7, 11) is 0. The van der Waals surface area contributed by atoms with E-state index in [2.05, 4.69) is 0 Å². The highest BCUT2D eigenvalue weighted by Gasteiger charge is 2.44. The number of ether oxygens (including phenoxy) is 2. The topological polar surface area (TPSA) is 304 Å². The van der Waals surface area contributed by atoms with Gasteiger partial charge < -0.3 is 76.5 Å². The van der Waals surface area contributed by atoms with Crippen molar-refractivity contribution in [1.82, 2.24) is 0 Å². The van der Waals surface area contributed by atoms with Crippen molar-refractivity contribution >= 4 is 5.78 Å². The lowest BCUT2D eigenvalue weighted by molar-refractivity contribution is -0.306. The van der Waals surface area contributed by atoms with Gasteiger partial charge in [-0.3, -0.25) is 4.79 Å². The molecule has 56 heavy (non-hydrogen) atoms. The fourth-order valence-electron chi connectivity index (χ4n) is 6.49. The van der Waals surface area contributed by atoms with Gasteiger partial charge in [0.15, 0.2) is 6.29 Å². The Balaban J connectivity index is 2.47. The third-order valence-corrected chi connectivity index (χ3v) is 9.87. The van der Waals surface area contributed by atoms with Crippen LogP contribution in [0.25, 0.3) is 0 Å². The number of ketones is 1. The largest absolute Gasteiger partial charge is 0.393 e. The molecule has 0 saturated carbocycles. The van der Waals surface area contributed by atoms with Crippen LogP contribution in [-0.2, 0) is 14.3 Å². The van der Waals surface area contributed by atoms with E-state index in [0.29, 0.717) is 19.4 Å². The summed E-state index contributed by atoms with van der Waals surface area (Å²) in [5, 5.41) is 123. The molecule has 0 aromatic rings. The molecule has 0 aromatic heterocycles. The second-order valence-corrected chi connectivity index (χ2v) is 15.3. The number of aliphatic hydroxyl groups is 12. The van der Waals surface area contributed by atoms with Gasteiger partial charge in [-0.15, -0.1) is 0 Å². The average Bonchev–Trinajstić information content (AvgIpc) is 3.10. The van der Waals surface area contributed by atoms with E-state index in [4.69, 9.17) is 15.2 Å². The van der Waals surface area contributed by atoms with E-state index >= 15 is 0 Å². The fourth-order valence-corrected chi connectivity index (χ4v) is 6.49. The molecule has 0 bridgehead atoms. The lowest BCUT2D eigenvalue weighted by Gasteiger charge is -2.41. The zero-order valence-electron chi connectivity index (χ0n) is 33.3. The van der Waals surface area contributed by atoms with Gasteiger partial charge in [0.05, 0.1) is 67.1 Å². The highest BCUT2D eigenvalue weighted by atomic mass is 16.7. The number of aliphatic hydroxyl groups excluding tert-OH is 12. The number of hydrogen-bond donors (Lipinski definition) is 13.